The van der Waals surface area contributed by atoms with Crippen molar-refractivity contribution in [1.82, 2.24) is 0 Å². The molecule has 2 aromatic carbocycles. The summed E-state index contributed by atoms with van der Waals surface area (Å²) in [6.45, 7) is 4.65. The number of hydrogen-bond donors (Lipinski definition) is 0. The highest BCUT2D eigenvalue weighted by Crippen LogP contribution is 2.31. The van der Waals surface area contributed by atoms with Crippen LogP contribution in [0, 0.1) is 13.8 Å². The Morgan fingerprint density at radius 3 is 2.65 bits per heavy atom. The van der Waals surface area contributed by atoms with Crippen LogP contribution in [0.2, 0.25) is 0 Å². The lowest BCUT2D eigenvalue weighted by Crippen LogP contribution is -2.33. The third kappa shape index (κ3) is 3.01. The van der Waals surface area contributed by atoms with Crippen molar-refractivity contribution < 1.29 is 14.3 Å². The Labute approximate surface area is 143 Å². The lowest BCUT2D eigenvalue weighted by molar-refractivity contribution is -0.114. The minimum Gasteiger partial charge on any atom is -0.491 e. The van der Waals surface area contributed by atoms with Crippen LogP contribution < -0.4 is 9.64 Å². The third-order valence-corrected chi connectivity index (χ3v) is 4.34. The molecule has 0 aliphatic carbocycles. The molecular formula is C18H16BrNO3. The number of ketones is 1. The molecule has 23 heavy (non-hydrogen) atoms. The average Bonchev–Trinajstić information content (AvgIpc) is 2.75. The first kappa shape index (κ1) is 15.7. The number of ether oxygens (including phenoxy) is 1. The molecule has 0 aromatic heterocycles. The fourth-order valence-corrected chi connectivity index (χ4v) is 2.97. The molecule has 1 aliphatic heterocycles. The molecule has 0 fully saturated rings. The number of nitrogens with zero attached hydrogens (tertiary/aromatic N) is 1. The van der Waals surface area contributed by atoms with Crippen LogP contribution in [-0.2, 0) is 4.79 Å². The van der Waals surface area contributed by atoms with Gasteiger partial charge in [-0.15, -0.1) is 0 Å². The van der Waals surface area contributed by atoms with Gasteiger partial charge in [-0.1, -0.05) is 28.1 Å². The first-order valence-corrected chi connectivity index (χ1v) is 8.12. The van der Waals surface area contributed by atoms with Crippen molar-refractivity contribution in [3.05, 3.63) is 57.6 Å². The number of halogens is 1. The standard InChI is InChI=1S/C18H16BrNO3/c1-11-3-4-12(2)16(9-11)23-8-7-20-15-6-5-13(19)10-14(15)17(21)18(20)22/h3-6,9-10H,7-8H2,1-2H3. The maximum Gasteiger partial charge on any atom is 0.299 e. The highest BCUT2D eigenvalue weighted by molar-refractivity contribution is 9.10. The molecule has 0 saturated carbocycles. The highest BCUT2D eigenvalue weighted by Gasteiger charge is 2.35. The normalized spacial score (nSPS) is 13.4. The number of amides is 1. The van der Waals surface area contributed by atoms with Crippen molar-refractivity contribution in [2.24, 2.45) is 0 Å². The van der Waals surface area contributed by atoms with Crippen molar-refractivity contribution in [3.63, 3.8) is 0 Å². The zero-order valence-electron chi connectivity index (χ0n) is 12.9. The predicted octanol–water partition coefficient (Wildman–Crippen LogP) is 3.67. The summed E-state index contributed by atoms with van der Waals surface area (Å²) < 4.78 is 6.57. The van der Waals surface area contributed by atoms with E-state index < -0.39 is 11.7 Å². The predicted molar refractivity (Wildman–Crippen MR) is 92.2 cm³/mol. The number of rotatable bonds is 4. The number of hydrogen-bond acceptors (Lipinski definition) is 3. The largest absolute Gasteiger partial charge is 0.491 e. The van der Waals surface area contributed by atoms with Gasteiger partial charge in [0.15, 0.2) is 0 Å². The van der Waals surface area contributed by atoms with Crippen molar-refractivity contribution in [3.8, 4) is 5.75 Å². The number of aryl methyl sites for hydroxylation is 2. The van der Waals surface area contributed by atoms with Crippen molar-refractivity contribution in [2.45, 2.75) is 13.8 Å². The molecular weight excluding hydrogens is 358 g/mol. The number of anilines is 1. The van der Waals surface area contributed by atoms with E-state index in [9.17, 15) is 9.59 Å². The van der Waals surface area contributed by atoms with Crippen molar-refractivity contribution in [1.29, 1.82) is 0 Å². The minimum absolute atomic E-state index is 0.332. The summed E-state index contributed by atoms with van der Waals surface area (Å²) in [6, 6.07) is 11.3. The van der Waals surface area contributed by atoms with Crippen LogP contribution in [-0.4, -0.2) is 24.8 Å². The second kappa shape index (κ2) is 6.16. The molecule has 4 nitrogen and oxygen atoms in total. The number of benzene rings is 2. The molecule has 0 atom stereocenters. The first-order chi connectivity index (χ1) is 11.0. The Hall–Kier alpha value is -2.14. The number of carbonyl (C=O) groups excluding carboxylic acids is 2. The van der Waals surface area contributed by atoms with Gasteiger partial charge in [0.05, 0.1) is 17.8 Å². The van der Waals surface area contributed by atoms with Crippen LogP contribution in [0.1, 0.15) is 21.5 Å². The Balaban J connectivity index is 1.73. The summed E-state index contributed by atoms with van der Waals surface area (Å²) >= 11 is 3.32. The van der Waals surface area contributed by atoms with E-state index in [2.05, 4.69) is 15.9 Å². The van der Waals surface area contributed by atoms with Gasteiger partial charge < -0.3 is 9.64 Å². The summed E-state index contributed by atoms with van der Waals surface area (Å²) in [4.78, 5) is 25.7. The lowest BCUT2D eigenvalue weighted by Gasteiger charge is -2.17. The van der Waals surface area contributed by atoms with Crippen LogP contribution in [0.4, 0.5) is 5.69 Å². The summed E-state index contributed by atoms with van der Waals surface area (Å²) in [7, 11) is 0. The van der Waals surface area contributed by atoms with E-state index >= 15 is 0 Å². The molecule has 0 bridgehead atoms. The number of fused-ring (bicyclic) bond motifs is 1. The van der Waals surface area contributed by atoms with E-state index in [1.807, 2.05) is 38.1 Å². The second-order valence-electron chi connectivity index (χ2n) is 5.56. The van der Waals surface area contributed by atoms with Gasteiger partial charge in [-0.25, -0.2) is 0 Å². The van der Waals surface area contributed by atoms with Crippen LogP contribution in [0.3, 0.4) is 0 Å². The SMILES string of the molecule is Cc1ccc(C)c(OCCN2C(=O)C(=O)c3cc(Br)ccc32)c1. The van der Waals surface area contributed by atoms with Crippen LogP contribution in [0.15, 0.2) is 40.9 Å². The van der Waals surface area contributed by atoms with Crippen LogP contribution in [0.25, 0.3) is 0 Å². The Kier molecular flexibility index (Phi) is 4.22. The summed E-state index contributed by atoms with van der Waals surface area (Å²) in [5.74, 6) is -0.158. The molecule has 1 aliphatic rings. The van der Waals surface area contributed by atoms with E-state index in [-0.39, 0.29) is 0 Å². The maximum absolute atomic E-state index is 12.1. The second-order valence-corrected chi connectivity index (χ2v) is 6.48. The van der Waals surface area contributed by atoms with E-state index in [4.69, 9.17) is 4.74 Å². The van der Waals surface area contributed by atoms with Crippen LogP contribution >= 0.6 is 15.9 Å². The van der Waals surface area contributed by atoms with Crippen molar-refractivity contribution >= 4 is 33.3 Å². The Morgan fingerprint density at radius 1 is 1.09 bits per heavy atom. The van der Waals surface area contributed by atoms with Gasteiger partial charge in [0.25, 0.3) is 11.7 Å². The van der Waals surface area contributed by atoms with Gasteiger partial charge in [-0.3, -0.25) is 9.59 Å². The molecule has 1 heterocycles. The van der Waals surface area contributed by atoms with Gasteiger partial charge in [-0.2, -0.15) is 0 Å². The quantitative estimate of drug-likeness (QED) is 0.768. The summed E-state index contributed by atoms with van der Waals surface area (Å²) in [5.41, 5.74) is 3.25. The van der Waals surface area contributed by atoms with Crippen LogP contribution in [0.5, 0.6) is 5.75 Å². The third-order valence-electron chi connectivity index (χ3n) is 3.85. The Bertz CT molecular complexity index is 801. The van der Waals surface area contributed by atoms with Gasteiger partial charge in [0.1, 0.15) is 12.4 Å². The molecule has 0 radical (unpaired) electrons. The average molecular weight is 374 g/mol. The van der Waals surface area contributed by atoms with Gasteiger partial charge in [0, 0.05) is 4.47 Å². The highest BCUT2D eigenvalue weighted by atomic mass is 79.9. The zero-order valence-corrected chi connectivity index (χ0v) is 14.5. The molecule has 0 spiro atoms. The van der Waals surface area contributed by atoms with E-state index in [1.54, 1.807) is 12.1 Å². The lowest BCUT2D eigenvalue weighted by atomic mass is 10.1. The molecule has 118 valence electrons. The van der Waals surface area contributed by atoms with Gasteiger partial charge in [-0.05, 0) is 49.2 Å². The van der Waals surface area contributed by atoms with Gasteiger partial charge >= 0.3 is 0 Å². The molecule has 0 saturated heterocycles. The van der Waals surface area contributed by atoms with Gasteiger partial charge in [0.2, 0.25) is 0 Å². The smallest absolute Gasteiger partial charge is 0.299 e. The van der Waals surface area contributed by atoms with Crippen molar-refractivity contribution in [2.75, 3.05) is 18.1 Å². The fraction of sp³-hybridized carbons (Fsp3) is 0.222. The number of carbonyl (C=O) groups is 2. The maximum atomic E-state index is 12.1. The first-order valence-electron chi connectivity index (χ1n) is 7.33. The Morgan fingerprint density at radius 2 is 1.87 bits per heavy atom. The molecule has 2 aromatic rings. The molecule has 0 N–H and O–H groups in total. The zero-order chi connectivity index (χ0) is 16.6. The van der Waals surface area contributed by atoms with E-state index in [1.165, 1.54) is 4.90 Å². The minimum atomic E-state index is -0.498. The summed E-state index contributed by atoms with van der Waals surface area (Å²) in [6.07, 6.45) is 0. The molecule has 3 rings (SSSR count). The molecule has 1 amide bonds. The summed E-state index contributed by atoms with van der Waals surface area (Å²) in [5, 5.41) is 0. The molecule has 5 heteroatoms. The number of Topliss-reactive ketones (excluding diaryl/α,β-unsaturated/α-hetero) is 1. The fourth-order valence-electron chi connectivity index (χ4n) is 2.60. The van der Waals surface area contributed by atoms with E-state index in [0.717, 1.165) is 21.3 Å². The monoisotopic (exact) mass is 373 g/mol. The van der Waals surface area contributed by atoms with E-state index in [0.29, 0.717) is 24.4 Å². The topological polar surface area (TPSA) is 46.6 Å². The molecule has 0 unspecified atom stereocenters.